The molecule has 0 unspecified atom stereocenters. The van der Waals surface area contributed by atoms with E-state index in [0.29, 0.717) is 13.2 Å². The van der Waals surface area contributed by atoms with Crippen molar-refractivity contribution in [3.8, 4) is 11.3 Å². The molecule has 0 aromatic carbocycles. The molecule has 0 bridgehead atoms. The summed E-state index contributed by atoms with van der Waals surface area (Å²) in [6.45, 7) is 4.22. The van der Waals surface area contributed by atoms with Crippen molar-refractivity contribution < 1.29 is 4.74 Å². The third kappa shape index (κ3) is 2.39. The van der Waals surface area contributed by atoms with Gasteiger partial charge in [0.05, 0.1) is 30.5 Å². The van der Waals surface area contributed by atoms with Gasteiger partial charge in [0.25, 0.3) is 0 Å². The van der Waals surface area contributed by atoms with Crippen LogP contribution in [-0.4, -0.2) is 45.7 Å². The van der Waals surface area contributed by atoms with Gasteiger partial charge in [-0.2, -0.15) is 4.98 Å². The molecule has 0 spiro atoms. The van der Waals surface area contributed by atoms with Crippen LogP contribution in [0.5, 0.6) is 0 Å². The first-order valence-electron chi connectivity index (χ1n) is 6.49. The lowest BCUT2D eigenvalue weighted by Crippen LogP contribution is -2.44. The Labute approximate surface area is 116 Å². The highest BCUT2D eigenvalue weighted by molar-refractivity contribution is 5.73. The minimum absolute atomic E-state index is 0.235. The number of hydrogen-bond donors (Lipinski definition) is 1. The van der Waals surface area contributed by atoms with E-state index in [1.54, 1.807) is 12.4 Å². The lowest BCUT2D eigenvalue weighted by Gasteiger charge is -2.35. The van der Waals surface area contributed by atoms with Crippen LogP contribution in [0.1, 0.15) is 6.92 Å². The number of morpholine rings is 1. The van der Waals surface area contributed by atoms with Gasteiger partial charge in [-0.05, 0) is 13.0 Å². The Morgan fingerprint density at radius 1 is 1.40 bits per heavy atom. The number of anilines is 2. The summed E-state index contributed by atoms with van der Waals surface area (Å²) in [5.74, 6) is 1.06. The number of nitrogens with zero attached hydrogens (tertiary/aromatic N) is 5. The molecular formula is C13H16N6O. The molecule has 20 heavy (non-hydrogen) atoms. The molecular weight excluding hydrogens is 256 g/mol. The van der Waals surface area contributed by atoms with E-state index in [1.807, 2.05) is 6.07 Å². The topological polar surface area (TPSA) is 90.0 Å². The summed E-state index contributed by atoms with van der Waals surface area (Å²) < 4.78 is 5.47. The molecule has 7 heteroatoms. The highest BCUT2D eigenvalue weighted by Crippen LogP contribution is 2.29. The zero-order valence-electron chi connectivity index (χ0n) is 11.2. The second-order valence-electron chi connectivity index (χ2n) is 4.68. The molecule has 2 aromatic rings. The normalized spacial score (nSPS) is 19.1. The number of rotatable bonds is 2. The first-order chi connectivity index (χ1) is 9.75. The number of nitrogen functional groups attached to an aromatic ring is 1. The average molecular weight is 272 g/mol. The quantitative estimate of drug-likeness (QED) is 0.862. The van der Waals surface area contributed by atoms with Crippen molar-refractivity contribution in [2.75, 3.05) is 30.4 Å². The van der Waals surface area contributed by atoms with Crippen LogP contribution in [0.2, 0.25) is 0 Å². The van der Waals surface area contributed by atoms with Crippen molar-refractivity contribution in [2.45, 2.75) is 13.0 Å². The second kappa shape index (κ2) is 5.38. The molecule has 3 heterocycles. The summed E-state index contributed by atoms with van der Waals surface area (Å²) in [6, 6.07) is 2.07. The molecule has 7 nitrogen and oxygen atoms in total. The van der Waals surface area contributed by atoms with Crippen LogP contribution in [0.3, 0.4) is 0 Å². The van der Waals surface area contributed by atoms with Crippen molar-refractivity contribution in [1.82, 2.24) is 19.9 Å². The van der Waals surface area contributed by atoms with Crippen molar-refractivity contribution in [3.05, 3.63) is 24.8 Å². The maximum Gasteiger partial charge on any atom is 0.221 e. The Bertz CT molecular complexity index is 591. The zero-order valence-corrected chi connectivity index (χ0v) is 11.2. The third-order valence-corrected chi connectivity index (χ3v) is 3.28. The first kappa shape index (κ1) is 12.7. The Kier molecular flexibility index (Phi) is 3.42. The van der Waals surface area contributed by atoms with Crippen LogP contribution in [0.4, 0.5) is 11.8 Å². The van der Waals surface area contributed by atoms with E-state index in [1.165, 1.54) is 6.33 Å². The summed E-state index contributed by atoms with van der Waals surface area (Å²) in [4.78, 5) is 18.9. The van der Waals surface area contributed by atoms with E-state index in [4.69, 9.17) is 10.5 Å². The summed E-state index contributed by atoms with van der Waals surface area (Å²) in [5, 5.41) is 0. The summed E-state index contributed by atoms with van der Waals surface area (Å²) >= 11 is 0. The third-order valence-electron chi connectivity index (χ3n) is 3.28. The number of hydrogen-bond acceptors (Lipinski definition) is 7. The molecule has 1 saturated heterocycles. The van der Waals surface area contributed by atoms with Gasteiger partial charge in [0.2, 0.25) is 5.95 Å². The Morgan fingerprint density at radius 2 is 2.30 bits per heavy atom. The standard InChI is InChI=1S/C13H16N6O/c1-9-7-20-5-4-19(9)12-10(6-16-13(14)18-12)11-2-3-15-8-17-11/h2-3,6,8-9H,4-5,7H2,1H3,(H2,14,16,18)/t9-/m0/s1. The van der Waals surface area contributed by atoms with Crippen molar-refractivity contribution >= 4 is 11.8 Å². The van der Waals surface area contributed by atoms with Gasteiger partial charge in [0.15, 0.2) is 0 Å². The lowest BCUT2D eigenvalue weighted by atomic mass is 10.1. The molecule has 1 aliphatic rings. The average Bonchev–Trinajstić information content (AvgIpc) is 2.48. The summed E-state index contributed by atoms with van der Waals surface area (Å²) in [6.07, 6.45) is 4.92. The zero-order chi connectivity index (χ0) is 13.9. The number of nitrogens with two attached hydrogens (primary N) is 1. The number of ether oxygens (including phenoxy) is 1. The molecule has 1 fully saturated rings. The highest BCUT2D eigenvalue weighted by Gasteiger charge is 2.24. The Hall–Kier alpha value is -2.28. The molecule has 104 valence electrons. The van der Waals surface area contributed by atoms with Gasteiger partial charge < -0.3 is 15.4 Å². The van der Waals surface area contributed by atoms with E-state index in [0.717, 1.165) is 23.6 Å². The second-order valence-corrected chi connectivity index (χ2v) is 4.68. The van der Waals surface area contributed by atoms with Crippen LogP contribution < -0.4 is 10.6 Å². The minimum Gasteiger partial charge on any atom is -0.377 e. The first-order valence-corrected chi connectivity index (χ1v) is 6.49. The fraction of sp³-hybridized carbons (Fsp3) is 0.385. The van der Waals surface area contributed by atoms with Gasteiger partial charge in [0, 0.05) is 18.9 Å². The largest absolute Gasteiger partial charge is 0.377 e. The maximum atomic E-state index is 5.74. The minimum atomic E-state index is 0.235. The van der Waals surface area contributed by atoms with Crippen LogP contribution in [0.25, 0.3) is 11.3 Å². The van der Waals surface area contributed by atoms with Crippen LogP contribution in [-0.2, 0) is 4.74 Å². The molecule has 2 aromatic heterocycles. The monoisotopic (exact) mass is 272 g/mol. The lowest BCUT2D eigenvalue weighted by molar-refractivity contribution is 0.0986. The molecule has 1 atom stereocenters. The SMILES string of the molecule is C[C@H]1COCCN1c1nc(N)ncc1-c1ccncn1. The van der Waals surface area contributed by atoms with E-state index >= 15 is 0 Å². The van der Waals surface area contributed by atoms with Crippen molar-refractivity contribution in [3.63, 3.8) is 0 Å². The fourth-order valence-corrected chi connectivity index (χ4v) is 2.28. The summed E-state index contributed by atoms with van der Waals surface area (Å²) in [5.41, 5.74) is 7.39. The molecule has 0 amide bonds. The van der Waals surface area contributed by atoms with Gasteiger partial charge in [-0.15, -0.1) is 0 Å². The van der Waals surface area contributed by atoms with E-state index in [9.17, 15) is 0 Å². The number of aromatic nitrogens is 4. The Balaban J connectivity index is 2.07. The maximum absolute atomic E-state index is 5.74. The van der Waals surface area contributed by atoms with E-state index in [-0.39, 0.29) is 12.0 Å². The molecule has 1 aliphatic heterocycles. The van der Waals surface area contributed by atoms with E-state index in [2.05, 4.69) is 31.8 Å². The van der Waals surface area contributed by atoms with Gasteiger partial charge in [-0.3, -0.25) is 0 Å². The van der Waals surface area contributed by atoms with Gasteiger partial charge in [0.1, 0.15) is 12.1 Å². The van der Waals surface area contributed by atoms with Gasteiger partial charge >= 0.3 is 0 Å². The molecule has 3 rings (SSSR count). The van der Waals surface area contributed by atoms with Crippen LogP contribution in [0, 0.1) is 0 Å². The molecule has 0 aliphatic carbocycles. The summed E-state index contributed by atoms with van der Waals surface area (Å²) in [7, 11) is 0. The van der Waals surface area contributed by atoms with Crippen molar-refractivity contribution in [2.24, 2.45) is 0 Å². The molecule has 0 saturated carbocycles. The van der Waals surface area contributed by atoms with Gasteiger partial charge in [-0.1, -0.05) is 0 Å². The van der Waals surface area contributed by atoms with Crippen LogP contribution >= 0.6 is 0 Å². The van der Waals surface area contributed by atoms with Crippen LogP contribution in [0.15, 0.2) is 24.8 Å². The highest BCUT2D eigenvalue weighted by atomic mass is 16.5. The molecule has 0 radical (unpaired) electrons. The predicted octanol–water partition coefficient (Wildman–Crippen LogP) is 0.741. The smallest absolute Gasteiger partial charge is 0.221 e. The predicted molar refractivity (Wildman–Crippen MR) is 75.1 cm³/mol. The molecule has 2 N–H and O–H groups in total. The fourth-order valence-electron chi connectivity index (χ4n) is 2.28. The van der Waals surface area contributed by atoms with Crippen molar-refractivity contribution in [1.29, 1.82) is 0 Å². The Morgan fingerprint density at radius 3 is 3.05 bits per heavy atom. The van der Waals surface area contributed by atoms with Gasteiger partial charge in [-0.25, -0.2) is 15.0 Å². The van der Waals surface area contributed by atoms with E-state index < -0.39 is 0 Å².